The normalized spacial score (nSPS) is 34.7. The molecule has 2 aliphatic carbocycles. The molecule has 20 heavy (non-hydrogen) atoms. The van der Waals surface area contributed by atoms with Gasteiger partial charge in [-0.1, -0.05) is 0 Å². The van der Waals surface area contributed by atoms with Crippen molar-refractivity contribution in [3.05, 3.63) is 0 Å². The van der Waals surface area contributed by atoms with Gasteiger partial charge in [0.25, 0.3) is 0 Å². The molecule has 0 radical (unpaired) electrons. The first kappa shape index (κ1) is 15.8. The summed E-state index contributed by atoms with van der Waals surface area (Å²) in [5, 5.41) is 12.9. The number of hydrogen-bond donors (Lipinski definition) is 2. The second-order valence-corrected chi connectivity index (χ2v) is 6.37. The molecule has 0 heterocycles. The molecule has 0 aliphatic heterocycles. The molecule has 0 unspecified atom stereocenters. The van der Waals surface area contributed by atoms with Crippen molar-refractivity contribution in [1.29, 1.82) is 0 Å². The number of carbonyl (C=O) groups is 1. The molecule has 2 saturated carbocycles. The van der Waals surface area contributed by atoms with Crippen LogP contribution in [0, 0.1) is 11.8 Å². The average molecular weight is 283 g/mol. The zero-order valence-corrected chi connectivity index (χ0v) is 12.6. The first-order valence-corrected chi connectivity index (χ1v) is 8.26. The molecule has 0 saturated heterocycles. The Morgan fingerprint density at radius 3 is 2.10 bits per heavy atom. The van der Waals surface area contributed by atoms with Crippen LogP contribution in [-0.4, -0.2) is 36.4 Å². The van der Waals surface area contributed by atoms with Gasteiger partial charge >= 0.3 is 5.97 Å². The lowest BCUT2D eigenvalue weighted by Crippen LogP contribution is -2.43. The molecule has 2 rings (SSSR count). The van der Waals surface area contributed by atoms with Gasteiger partial charge in [0.05, 0.1) is 12.5 Å². The lowest BCUT2D eigenvalue weighted by molar-refractivity contribution is -0.149. The van der Waals surface area contributed by atoms with E-state index in [0.29, 0.717) is 31.2 Å². The van der Waals surface area contributed by atoms with Crippen molar-refractivity contribution in [3.63, 3.8) is 0 Å². The summed E-state index contributed by atoms with van der Waals surface area (Å²) in [7, 11) is 0. The highest BCUT2D eigenvalue weighted by atomic mass is 16.5. The van der Waals surface area contributed by atoms with E-state index in [-0.39, 0.29) is 11.9 Å². The highest BCUT2D eigenvalue weighted by Crippen LogP contribution is 2.28. The summed E-state index contributed by atoms with van der Waals surface area (Å²) in [6, 6.07) is 1.18. The van der Waals surface area contributed by atoms with E-state index in [0.717, 1.165) is 38.5 Å². The molecule has 2 fully saturated rings. The van der Waals surface area contributed by atoms with Gasteiger partial charge in [-0.3, -0.25) is 4.79 Å². The maximum Gasteiger partial charge on any atom is 0.308 e. The predicted octanol–water partition coefficient (Wildman–Crippen LogP) is 2.25. The van der Waals surface area contributed by atoms with Crippen LogP contribution in [0.2, 0.25) is 0 Å². The van der Waals surface area contributed by atoms with Gasteiger partial charge in [0.15, 0.2) is 0 Å². The van der Waals surface area contributed by atoms with Crippen molar-refractivity contribution in [2.24, 2.45) is 11.8 Å². The molecule has 0 aromatic carbocycles. The molecule has 0 atom stereocenters. The molecule has 0 aromatic heterocycles. The Balaban J connectivity index is 1.66. The van der Waals surface area contributed by atoms with Crippen LogP contribution in [0.5, 0.6) is 0 Å². The topological polar surface area (TPSA) is 58.6 Å². The quantitative estimate of drug-likeness (QED) is 0.760. The van der Waals surface area contributed by atoms with E-state index in [1.54, 1.807) is 0 Å². The monoisotopic (exact) mass is 283 g/mol. The Labute approximate surface area is 122 Å². The van der Waals surface area contributed by atoms with Gasteiger partial charge in [-0.2, -0.15) is 0 Å². The summed E-state index contributed by atoms with van der Waals surface area (Å²) in [5.41, 5.74) is 0. The van der Waals surface area contributed by atoms with Crippen molar-refractivity contribution in [2.45, 2.75) is 70.4 Å². The first-order valence-electron chi connectivity index (χ1n) is 8.26. The Hall–Kier alpha value is -0.610. The number of aliphatic hydroxyl groups is 1. The molecule has 116 valence electrons. The summed E-state index contributed by atoms with van der Waals surface area (Å²) in [6.45, 7) is 2.70. The van der Waals surface area contributed by atoms with Crippen LogP contribution in [0.3, 0.4) is 0 Å². The van der Waals surface area contributed by atoms with E-state index in [1.165, 1.54) is 12.8 Å². The Morgan fingerprint density at radius 2 is 1.60 bits per heavy atom. The number of nitrogens with one attached hydrogen (secondary N) is 1. The Kier molecular flexibility index (Phi) is 6.30. The van der Waals surface area contributed by atoms with E-state index in [1.807, 2.05) is 6.92 Å². The fourth-order valence-corrected chi connectivity index (χ4v) is 3.60. The molecule has 4 heteroatoms. The summed E-state index contributed by atoms with van der Waals surface area (Å²) in [5.74, 6) is 0.639. The zero-order chi connectivity index (χ0) is 14.4. The van der Waals surface area contributed by atoms with E-state index < -0.39 is 0 Å². The summed E-state index contributed by atoms with van der Waals surface area (Å²) < 4.78 is 5.11. The van der Waals surface area contributed by atoms with Crippen LogP contribution in [0.25, 0.3) is 0 Å². The second kappa shape index (κ2) is 7.99. The van der Waals surface area contributed by atoms with E-state index in [4.69, 9.17) is 9.84 Å². The van der Waals surface area contributed by atoms with Crippen LogP contribution in [-0.2, 0) is 9.53 Å². The van der Waals surface area contributed by atoms with Crippen LogP contribution in [0.4, 0.5) is 0 Å². The number of carbonyl (C=O) groups excluding carboxylic acids is 1. The van der Waals surface area contributed by atoms with Gasteiger partial charge in [0, 0.05) is 18.7 Å². The molecular formula is C16H29NO3. The fourth-order valence-electron chi connectivity index (χ4n) is 3.60. The average Bonchev–Trinajstić information content (AvgIpc) is 2.49. The molecular weight excluding hydrogens is 254 g/mol. The molecule has 0 amide bonds. The van der Waals surface area contributed by atoms with Gasteiger partial charge in [0.2, 0.25) is 0 Å². The minimum absolute atomic E-state index is 0.00518. The molecule has 0 spiro atoms. The fraction of sp³-hybridized carbons (Fsp3) is 0.938. The van der Waals surface area contributed by atoms with Gasteiger partial charge in [-0.05, 0) is 64.2 Å². The van der Waals surface area contributed by atoms with E-state index in [2.05, 4.69) is 5.32 Å². The standard InChI is InChI=1S/C16H29NO3/c1-2-20-16(19)13-5-9-15(10-6-13)17-14-7-3-12(11-18)4-8-14/h12-15,17-18H,2-11H2,1H3. The molecule has 2 aliphatic rings. The molecule has 0 aromatic rings. The third-order valence-corrected chi connectivity index (χ3v) is 4.92. The third-order valence-electron chi connectivity index (χ3n) is 4.92. The largest absolute Gasteiger partial charge is 0.466 e. The Bertz CT molecular complexity index is 292. The van der Waals surface area contributed by atoms with Crippen molar-refractivity contribution in [3.8, 4) is 0 Å². The van der Waals surface area contributed by atoms with Crippen LogP contribution in [0.1, 0.15) is 58.3 Å². The van der Waals surface area contributed by atoms with Crippen molar-refractivity contribution >= 4 is 5.97 Å². The maximum atomic E-state index is 11.7. The smallest absolute Gasteiger partial charge is 0.308 e. The van der Waals surface area contributed by atoms with Gasteiger partial charge < -0.3 is 15.2 Å². The zero-order valence-electron chi connectivity index (χ0n) is 12.6. The third kappa shape index (κ3) is 4.45. The molecule has 4 nitrogen and oxygen atoms in total. The van der Waals surface area contributed by atoms with Gasteiger partial charge in [-0.15, -0.1) is 0 Å². The van der Waals surface area contributed by atoms with Crippen LogP contribution >= 0.6 is 0 Å². The first-order chi connectivity index (χ1) is 9.72. The highest BCUT2D eigenvalue weighted by Gasteiger charge is 2.29. The number of esters is 1. The van der Waals surface area contributed by atoms with Gasteiger partial charge in [0.1, 0.15) is 0 Å². The lowest BCUT2D eigenvalue weighted by Gasteiger charge is -2.34. The maximum absolute atomic E-state index is 11.7. The minimum atomic E-state index is -0.00518. The summed E-state index contributed by atoms with van der Waals surface area (Å²) in [4.78, 5) is 11.7. The highest BCUT2D eigenvalue weighted by molar-refractivity contribution is 5.72. The second-order valence-electron chi connectivity index (χ2n) is 6.37. The van der Waals surface area contributed by atoms with Crippen molar-refractivity contribution in [1.82, 2.24) is 5.32 Å². The number of ether oxygens (including phenoxy) is 1. The Morgan fingerprint density at radius 1 is 1.05 bits per heavy atom. The lowest BCUT2D eigenvalue weighted by atomic mass is 9.83. The predicted molar refractivity (Wildman–Crippen MR) is 78.3 cm³/mol. The summed E-state index contributed by atoms with van der Waals surface area (Å²) >= 11 is 0. The minimum Gasteiger partial charge on any atom is -0.466 e. The van der Waals surface area contributed by atoms with Crippen molar-refractivity contribution < 1.29 is 14.6 Å². The number of hydrogen-bond acceptors (Lipinski definition) is 4. The number of aliphatic hydroxyl groups excluding tert-OH is 1. The number of rotatable bonds is 5. The summed E-state index contributed by atoms with van der Waals surface area (Å²) in [6.07, 6.45) is 8.75. The van der Waals surface area contributed by atoms with E-state index >= 15 is 0 Å². The SMILES string of the molecule is CCOC(=O)C1CCC(NC2CCC(CO)CC2)CC1. The van der Waals surface area contributed by atoms with Crippen LogP contribution in [0.15, 0.2) is 0 Å². The van der Waals surface area contributed by atoms with Crippen molar-refractivity contribution in [2.75, 3.05) is 13.2 Å². The van der Waals surface area contributed by atoms with Crippen LogP contribution < -0.4 is 5.32 Å². The molecule has 2 N–H and O–H groups in total. The van der Waals surface area contributed by atoms with E-state index in [9.17, 15) is 4.79 Å². The van der Waals surface area contributed by atoms with Gasteiger partial charge in [-0.25, -0.2) is 0 Å². The molecule has 0 bridgehead atoms.